The molecule has 2 aromatic rings. The van der Waals surface area contributed by atoms with Gasteiger partial charge in [-0.15, -0.1) is 0 Å². The monoisotopic (exact) mass is 360 g/mol. The number of aromatic nitrogens is 2. The number of benzene rings is 1. The summed E-state index contributed by atoms with van der Waals surface area (Å²) >= 11 is 0. The summed E-state index contributed by atoms with van der Waals surface area (Å²) in [5.74, 6) is -0.391. The number of amides is 1. The lowest BCUT2D eigenvalue weighted by Crippen LogP contribution is -2.30. The van der Waals surface area contributed by atoms with Crippen molar-refractivity contribution in [2.45, 2.75) is 45.5 Å². The number of halogens is 1. The van der Waals surface area contributed by atoms with E-state index in [1.807, 2.05) is 10.7 Å². The fourth-order valence-electron chi connectivity index (χ4n) is 3.13. The molecule has 7 heteroatoms. The molecule has 26 heavy (non-hydrogen) atoms. The molecule has 2 N–H and O–H groups in total. The summed E-state index contributed by atoms with van der Waals surface area (Å²) in [6.45, 7) is 4.97. The summed E-state index contributed by atoms with van der Waals surface area (Å²) in [5.41, 5.74) is 2.24. The molecule has 1 aliphatic heterocycles. The average Bonchev–Trinajstić information content (AvgIpc) is 2.92. The molecular formula is C19H25FN4O2. The first-order chi connectivity index (χ1) is 12.5. The molecule has 0 aliphatic carbocycles. The van der Waals surface area contributed by atoms with Gasteiger partial charge >= 0.3 is 0 Å². The number of hydrogen-bond acceptors (Lipinski definition) is 4. The second-order valence-electron chi connectivity index (χ2n) is 6.71. The van der Waals surface area contributed by atoms with Crippen LogP contribution in [0.1, 0.15) is 42.8 Å². The molecule has 0 unspecified atom stereocenters. The predicted molar refractivity (Wildman–Crippen MR) is 95.6 cm³/mol. The van der Waals surface area contributed by atoms with E-state index in [2.05, 4.69) is 15.3 Å². The van der Waals surface area contributed by atoms with Crippen molar-refractivity contribution < 1.29 is 14.3 Å². The highest BCUT2D eigenvalue weighted by Crippen LogP contribution is 2.18. The molecule has 1 atom stereocenters. The molecule has 0 spiro atoms. The Labute approximate surface area is 152 Å². The minimum absolute atomic E-state index is 0.0873. The van der Waals surface area contributed by atoms with Crippen LogP contribution in [-0.2, 0) is 24.4 Å². The Balaban J connectivity index is 1.49. The minimum atomic E-state index is -0.577. The summed E-state index contributed by atoms with van der Waals surface area (Å²) < 4.78 is 15.5. The van der Waals surface area contributed by atoms with E-state index in [9.17, 15) is 14.3 Å². The van der Waals surface area contributed by atoms with Gasteiger partial charge in [-0.25, -0.2) is 4.39 Å². The molecule has 0 saturated carbocycles. The maximum absolute atomic E-state index is 13.6. The number of aliphatic hydroxyl groups is 1. The Morgan fingerprint density at radius 3 is 2.96 bits per heavy atom. The maximum atomic E-state index is 13.6. The second kappa shape index (κ2) is 8.42. The van der Waals surface area contributed by atoms with Gasteiger partial charge in [0.15, 0.2) is 0 Å². The number of nitrogens with zero attached hydrogens (tertiary/aromatic N) is 3. The van der Waals surface area contributed by atoms with Crippen molar-refractivity contribution in [3.63, 3.8) is 0 Å². The smallest absolute Gasteiger partial charge is 0.221 e. The van der Waals surface area contributed by atoms with E-state index >= 15 is 0 Å². The van der Waals surface area contributed by atoms with Crippen LogP contribution in [0.15, 0.2) is 30.3 Å². The van der Waals surface area contributed by atoms with E-state index in [4.69, 9.17) is 0 Å². The number of rotatable bonds is 6. The highest BCUT2D eigenvalue weighted by atomic mass is 19.1. The summed E-state index contributed by atoms with van der Waals surface area (Å²) in [7, 11) is 0. The van der Waals surface area contributed by atoms with E-state index < -0.39 is 6.10 Å². The van der Waals surface area contributed by atoms with Gasteiger partial charge in [-0.1, -0.05) is 18.2 Å². The van der Waals surface area contributed by atoms with Gasteiger partial charge in [0.05, 0.1) is 17.5 Å². The lowest BCUT2D eigenvalue weighted by atomic mass is 10.2. The highest BCUT2D eigenvalue weighted by molar-refractivity contribution is 5.76. The Kier molecular flexibility index (Phi) is 6.00. The van der Waals surface area contributed by atoms with E-state index in [1.54, 1.807) is 25.1 Å². The molecule has 3 rings (SSSR count). The zero-order valence-electron chi connectivity index (χ0n) is 15.0. The predicted octanol–water partition coefficient (Wildman–Crippen LogP) is 1.99. The molecule has 0 fully saturated rings. The summed E-state index contributed by atoms with van der Waals surface area (Å²) in [6.07, 6.45) is 0.739. The van der Waals surface area contributed by atoms with Crippen LogP contribution in [0.2, 0.25) is 0 Å². The van der Waals surface area contributed by atoms with Crippen molar-refractivity contribution in [1.29, 1.82) is 0 Å². The van der Waals surface area contributed by atoms with Crippen LogP contribution < -0.4 is 5.32 Å². The SMILES string of the molecule is C[C@@H](O)c1cc2n(n1)CCCN(CCC(=O)NCc1ccccc1F)C2. The van der Waals surface area contributed by atoms with Gasteiger partial charge in [0.1, 0.15) is 5.82 Å². The first kappa shape index (κ1) is 18.5. The fourth-order valence-corrected chi connectivity index (χ4v) is 3.13. The number of aryl methyl sites for hydroxylation is 1. The van der Waals surface area contributed by atoms with E-state index in [0.717, 1.165) is 25.2 Å². The molecule has 1 aliphatic rings. The number of aliphatic hydroxyl groups excluding tert-OH is 1. The fraction of sp³-hybridized carbons (Fsp3) is 0.474. The van der Waals surface area contributed by atoms with E-state index in [1.165, 1.54) is 6.07 Å². The van der Waals surface area contributed by atoms with E-state index in [-0.39, 0.29) is 18.3 Å². The topological polar surface area (TPSA) is 70.4 Å². The van der Waals surface area contributed by atoms with E-state index in [0.29, 0.717) is 30.8 Å². The molecule has 2 heterocycles. The summed E-state index contributed by atoms with van der Waals surface area (Å²) in [6, 6.07) is 8.38. The van der Waals surface area contributed by atoms with Gasteiger partial charge in [-0.05, 0) is 25.5 Å². The van der Waals surface area contributed by atoms with Crippen LogP contribution in [0.3, 0.4) is 0 Å². The van der Waals surface area contributed by atoms with Crippen LogP contribution in [0.5, 0.6) is 0 Å². The third-order valence-corrected chi connectivity index (χ3v) is 4.63. The number of fused-ring (bicyclic) bond motifs is 1. The maximum Gasteiger partial charge on any atom is 0.221 e. The van der Waals surface area contributed by atoms with Crippen molar-refractivity contribution in [3.05, 3.63) is 53.1 Å². The van der Waals surface area contributed by atoms with Gasteiger partial charge < -0.3 is 10.4 Å². The third kappa shape index (κ3) is 4.68. The Morgan fingerprint density at radius 2 is 2.19 bits per heavy atom. The molecule has 0 bridgehead atoms. The molecule has 1 amide bonds. The van der Waals surface area contributed by atoms with Crippen molar-refractivity contribution >= 4 is 5.91 Å². The van der Waals surface area contributed by atoms with Crippen molar-refractivity contribution in [3.8, 4) is 0 Å². The third-order valence-electron chi connectivity index (χ3n) is 4.63. The standard InChI is InChI=1S/C19H25FN4O2/c1-14(25)18-11-16-13-23(8-4-9-24(16)22-18)10-7-19(26)21-12-15-5-2-3-6-17(15)20/h2-3,5-6,11,14,25H,4,7-10,12-13H2,1H3,(H,21,26)/t14-/m1/s1. The largest absolute Gasteiger partial charge is 0.387 e. The summed E-state index contributed by atoms with van der Waals surface area (Å²) in [5, 5.41) is 16.9. The van der Waals surface area contributed by atoms with Gasteiger partial charge in [-0.2, -0.15) is 5.10 Å². The van der Waals surface area contributed by atoms with Gasteiger partial charge in [0, 0.05) is 44.7 Å². The minimum Gasteiger partial charge on any atom is -0.387 e. The van der Waals surface area contributed by atoms with Crippen molar-refractivity contribution in [1.82, 2.24) is 20.0 Å². The van der Waals surface area contributed by atoms with Crippen molar-refractivity contribution in [2.24, 2.45) is 0 Å². The van der Waals surface area contributed by atoms with Crippen LogP contribution in [0.4, 0.5) is 4.39 Å². The quantitative estimate of drug-likeness (QED) is 0.827. The zero-order chi connectivity index (χ0) is 18.5. The van der Waals surface area contributed by atoms with Crippen LogP contribution >= 0.6 is 0 Å². The van der Waals surface area contributed by atoms with Crippen molar-refractivity contribution in [2.75, 3.05) is 13.1 Å². The Bertz CT molecular complexity index is 760. The molecular weight excluding hydrogens is 335 g/mol. The molecule has 6 nitrogen and oxygen atoms in total. The first-order valence-corrected chi connectivity index (χ1v) is 9.00. The van der Waals surface area contributed by atoms with Crippen LogP contribution in [-0.4, -0.2) is 38.8 Å². The van der Waals surface area contributed by atoms with Crippen LogP contribution in [0.25, 0.3) is 0 Å². The molecule has 0 saturated heterocycles. The zero-order valence-corrected chi connectivity index (χ0v) is 15.0. The van der Waals surface area contributed by atoms with Crippen LogP contribution in [0, 0.1) is 5.82 Å². The van der Waals surface area contributed by atoms with Gasteiger partial charge in [0.2, 0.25) is 5.91 Å². The second-order valence-corrected chi connectivity index (χ2v) is 6.71. The Morgan fingerprint density at radius 1 is 1.38 bits per heavy atom. The highest BCUT2D eigenvalue weighted by Gasteiger charge is 2.18. The van der Waals surface area contributed by atoms with Gasteiger partial charge in [0.25, 0.3) is 0 Å². The number of carbonyl (C=O) groups excluding carboxylic acids is 1. The summed E-state index contributed by atoms with van der Waals surface area (Å²) in [4.78, 5) is 14.3. The number of nitrogens with one attached hydrogen (secondary N) is 1. The normalized spacial score (nSPS) is 16.0. The number of carbonyl (C=O) groups is 1. The first-order valence-electron chi connectivity index (χ1n) is 9.00. The molecule has 1 aromatic carbocycles. The molecule has 0 radical (unpaired) electrons. The van der Waals surface area contributed by atoms with Gasteiger partial charge in [-0.3, -0.25) is 14.4 Å². The lowest BCUT2D eigenvalue weighted by Gasteiger charge is -2.19. The average molecular weight is 360 g/mol. The molecule has 140 valence electrons. The number of hydrogen-bond donors (Lipinski definition) is 2. The molecule has 1 aromatic heterocycles. The Hall–Kier alpha value is -2.25. The lowest BCUT2D eigenvalue weighted by molar-refractivity contribution is -0.121.